The Bertz CT molecular complexity index is 365. The third kappa shape index (κ3) is 2.48. The normalized spacial score (nSPS) is 16.6. The average molecular weight is 210 g/mol. The standard InChI is InChI=1S/C9H11FN4O/c10-8-3-6(1-2-11-8)9(15)14-7-4-12-13-5-7/h1-3,7,12-13H,4-5H2,(H,14,15). The molecule has 1 aromatic rings. The first-order valence-corrected chi connectivity index (χ1v) is 4.64. The van der Waals surface area contributed by atoms with Gasteiger partial charge in [-0.25, -0.2) is 4.98 Å². The largest absolute Gasteiger partial charge is 0.347 e. The molecule has 5 nitrogen and oxygen atoms in total. The third-order valence-corrected chi connectivity index (χ3v) is 2.15. The second kappa shape index (κ2) is 4.33. The lowest BCUT2D eigenvalue weighted by Gasteiger charge is -2.09. The van der Waals surface area contributed by atoms with Gasteiger partial charge in [-0.1, -0.05) is 0 Å². The fourth-order valence-corrected chi connectivity index (χ4v) is 1.38. The molecule has 0 atom stereocenters. The molecule has 1 saturated heterocycles. The number of nitrogens with one attached hydrogen (secondary N) is 3. The second-order valence-corrected chi connectivity index (χ2v) is 3.30. The minimum atomic E-state index is -0.648. The fraction of sp³-hybridized carbons (Fsp3) is 0.333. The number of hydrazine groups is 1. The van der Waals surface area contributed by atoms with Crippen LogP contribution < -0.4 is 16.2 Å². The van der Waals surface area contributed by atoms with E-state index in [1.807, 2.05) is 0 Å². The maximum atomic E-state index is 12.7. The third-order valence-electron chi connectivity index (χ3n) is 2.15. The minimum absolute atomic E-state index is 0.0359. The Hall–Kier alpha value is -1.53. The number of nitrogens with zero attached hydrogens (tertiary/aromatic N) is 1. The summed E-state index contributed by atoms with van der Waals surface area (Å²) in [6.07, 6.45) is 1.27. The van der Waals surface area contributed by atoms with Crippen LogP contribution in [0, 0.1) is 5.95 Å². The van der Waals surface area contributed by atoms with Crippen molar-refractivity contribution >= 4 is 5.91 Å². The lowest BCUT2D eigenvalue weighted by atomic mass is 10.2. The second-order valence-electron chi connectivity index (χ2n) is 3.30. The van der Waals surface area contributed by atoms with Crippen molar-refractivity contribution < 1.29 is 9.18 Å². The van der Waals surface area contributed by atoms with Crippen LogP contribution in [0.15, 0.2) is 18.3 Å². The van der Waals surface area contributed by atoms with Crippen molar-refractivity contribution in [2.45, 2.75) is 6.04 Å². The molecule has 1 aromatic heterocycles. The highest BCUT2D eigenvalue weighted by molar-refractivity contribution is 5.94. The predicted octanol–water partition coefficient (Wildman–Crippen LogP) is -0.573. The molecule has 15 heavy (non-hydrogen) atoms. The van der Waals surface area contributed by atoms with E-state index in [9.17, 15) is 9.18 Å². The number of carbonyl (C=O) groups is 1. The molecule has 80 valence electrons. The highest BCUT2D eigenvalue weighted by Crippen LogP contribution is 2.01. The van der Waals surface area contributed by atoms with E-state index in [-0.39, 0.29) is 17.5 Å². The van der Waals surface area contributed by atoms with Gasteiger partial charge in [0.2, 0.25) is 5.95 Å². The molecular formula is C9H11FN4O. The van der Waals surface area contributed by atoms with Crippen molar-refractivity contribution in [3.63, 3.8) is 0 Å². The SMILES string of the molecule is O=C(NC1CNNC1)c1ccnc(F)c1. The summed E-state index contributed by atoms with van der Waals surface area (Å²) in [5, 5.41) is 2.76. The van der Waals surface area contributed by atoms with Gasteiger partial charge in [0.15, 0.2) is 0 Å². The van der Waals surface area contributed by atoms with E-state index in [1.54, 1.807) is 0 Å². The monoisotopic (exact) mass is 210 g/mol. The van der Waals surface area contributed by atoms with Gasteiger partial charge in [-0.05, 0) is 6.07 Å². The zero-order valence-electron chi connectivity index (χ0n) is 7.96. The molecule has 1 fully saturated rings. The molecule has 0 spiro atoms. The summed E-state index contributed by atoms with van der Waals surface area (Å²) in [5.41, 5.74) is 6.07. The summed E-state index contributed by atoms with van der Waals surface area (Å²) < 4.78 is 12.7. The molecule has 0 saturated carbocycles. The Morgan fingerprint density at radius 3 is 2.93 bits per heavy atom. The molecule has 1 aliphatic heterocycles. The van der Waals surface area contributed by atoms with Crippen LogP contribution in [0.1, 0.15) is 10.4 Å². The van der Waals surface area contributed by atoms with E-state index in [4.69, 9.17) is 0 Å². The first-order valence-electron chi connectivity index (χ1n) is 4.64. The number of carbonyl (C=O) groups excluding carboxylic acids is 1. The highest BCUT2D eigenvalue weighted by Gasteiger charge is 2.17. The van der Waals surface area contributed by atoms with E-state index >= 15 is 0 Å². The van der Waals surface area contributed by atoms with Crippen molar-refractivity contribution in [3.05, 3.63) is 29.8 Å². The van der Waals surface area contributed by atoms with Crippen LogP contribution in [-0.4, -0.2) is 30.0 Å². The molecule has 0 aliphatic carbocycles. The van der Waals surface area contributed by atoms with Crippen molar-refractivity contribution in [1.29, 1.82) is 0 Å². The number of halogens is 1. The quantitative estimate of drug-likeness (QED) is 0.572. The number of amides is 1. The van der Waals surface area contributed by atoms with E-state index < -0.39 is 5.95 Å². The summed E-state index contributed by atoms with van der Waals surface area (Å²) in [6.45, 7) is 1.33. The Kier molecular flexibility index (Phi) is 2.89. The first-order chi connectivity index (χ1) is 7.25. The Labute approximate surface area is 86.1 Å². The topological polar surface area (TPSA) is 66.1 Å². The molecule has 0 unspecified atom stereocenters. The van der Waals surface area contributed by atoms with Gasteiger partial charge in [0.05, 0.1) is 6.04 Å². The molecule has 0 bridgehead atoms. The zero-order valence-corrected chi connectivity index (χ0v) is 7.96. The van der Waals surface area contributed by atoms with Gasteiger partial charge in [0.25, 0.3) is 5.91 Å². The van der Waals surface area contributed by atoms with Crippen LogP contribution in [-0.2, 0) is 0 Å². The minimum Gasteiger partial charge on any atom is -0.347 e. The molecule has 6 heteroatoms. The van der Waals surface area contributed by atoms with Crippen molar-refractivity contribution in [2.75, 3.05) is 13.1 Å². The van der Waals surface area contributed by atoms with Crippen LogP contribution in [0.25, 0.3) is 0 Å². The number of aromatic nitrogens is 1. The van der Waals surface area contributed by atoms with Gasteiger partial charge in [0, 0.05) is 30.9 Å². The average Bonchev–Trinajstić information content (AvgIpc) is 2.70. The van der Waals surface area contributed by atoms with Crippen LogP contribution in [0.2, 0.25) is 0 Å². The number of pyridine rings is 1. The smallest absolute Gasteiger partial charge is 0.251 e. The summed E-state index contributed by atoms with van der Waals surface area (Å²) in [6, 6.07) is 2.63. The van der Waals surface area contributed by atoms with Crippen LogP contribution in [0.3, 0.4) is 0 Å². The summed E-state index contributed by atoms with van der Waals surface area (Å²) >= 11 is 0. The Balaban J connectivity index is 2.01. The maximum Gasteiger partial charge on any atom is 0.251 e. The molecular weight excluding hydrogens is 199 g/mol. The Morgan fingerprint density at radius 2 is 2.27 bits per heavy atom. The van der Waals surface area contributed by atoms with E-state index in [0.717, 1.165) is 6.07 Å². The van der Waals surface area contributed by atoms with E-state index in [0.29, 0.717) is 13.1 Å². The maximum absolute atomic E-state index is 12.7. The lowest BCUT2D eigenvalue weighted by molar-refractivity contribution is 0.0941. The number of hydrogen-bond acceptors (Lipinski definition) is 4. The molecule has 1 aliphatic rings. The molecule has 2 rings (SSSR count). The lowest BCUT2D eigenvalue weighted by Crippen LogP contribution is -2.38. The van der Waals surface area contributed by atoms with E-state index in [2.05, 4.69) is 21.2 Å². The molecule has 1 amide bonds. The van der Waals surface area contributed by atoms with Crippen LogP contribution >= 0.6 is 0 Å². The summed E-state index contributed by atoms with van der Waals surface area (Å²) in [4.78, 5) is 15.0. The van der Waals surface area contributed by atoms with Crippen molar-refractivity contribution in [2.24, 2.45) is 0 Å². The van der Waals surface area contributed by atoms with Crippen molar-refractivity contribution in [3.8, 4) is 0 Å². The summed E-state index contributed by atoms with van der Waals surface area (Å²) in [5.74, 6) is -0.933. The molecule has 2 heterocycles. The summed E-state index contributed by atoms with van der Waals surface area (Å²) in [7, 11) is 0. The van der Waals surface area contributed by atoms with Gasteiger partial charge in [-0.15, -0.1) is 0 Å². The van der Waals surface area contributed by atoms with Gasteiger partial charge >= 0.3 is 0 Å². The van der Waals surface area contributed by atoms with Crippen molar-refractivity contribution in [1.82, 2.24) is 21.2 Å². The molecule has 3 N–H and O–H groups in total. The number of hydrogen-bond donors (Lipinski definition) is 3. The van der Waals surface area contributed by atoms with Gasteiger partial charge in [-0.3, -0.25) is 15.6 Å². The zero-order chi connectivity index (χ0) is 10.7. The predicted molar refractivity (Wildman–Crippen MR) is 51.5 cm³/mol. The highest BCUT2D eigenvalue weighted by atomic mass is 19.1. The molecule has 0 radical (unpaired) electrons. The van der Waals surface area contributed by atoms with Crippen LogP contribution in [0.5, 0.6) is 0 Å². The van der Waals surface area contributed by atoms with Gasteiger partial charge in [-0.2, -0.15) is 4.39 Å². The van der Waals surface area contributed by atoms with Crippen LogP contribution in [0.4, 0.5) is 4.39 Å². The van der Waals surface area contributed by atoms with E-state index in [1.165, 1.54) is 12.3 Å². The van der Waals surface area contributed by atoms with Gasteiger partial charge < -0.3 is 5.32 Å². The molecule has 0 aromatic carbocycles. The Morgan fingerprint density at radius 1 is 1.53 bits per heavy atom. The first kappa shape index (κ1) is 10.0. The number of rotatable bonds is 2. The van der Waals surface area contributed by atoms with Gasteiger partial charge in [0.1, 0.15) is 0 Å². The fourth-order valence-electron chi connectivity index (χ4n) is 1.38.